The van der Waals surface area contributed by atoms with Crippen LogP contribution in [0.4, 0.5) is 17.3 Å². The van der Waals surface area contributed by atoms with Gasteiger partial charge in [0.1, 0.15) is 6.04 Å². The van der Waals surface area contributed by atoms with Gasteiger partial charge in [0.05, 0.1) is 10.9 Å². The van der Waals surface area contributed by atoms with E-state index in [9.17, 15) is 4.79 Å². The van der Waals surface area contributed by atoms with E-state index >= 15 is 0 Å². The third kappa shape index (κ3) is 5.95. The standard InChI is InChI=1S/C26H22N6OS/c1-18-9-10-21(30-25(33)24(29-17-34)14-19-6-3-2-4-7-19)15-23(18)32-26-28-13-11-22(31-26)20-8-5-12-27-16-20/h2-13,15-16,24H,14H2,1H3,(H,30,33)(H,28,31,32)/t24-/m0/s1. The SMILES string of the molecule is Cc1ccc(NC(=O)[C@H](Cc2ccccc2)N=C=S)cc1Nc1nccc(-c2cccnc2)n1. The molecule has 2 N–H and O–H groups in total. The molecule has 8 heteroatoms. The number of amides is 1. The van der Waals surface area contributed by atoms with Gasteiger partial charge in [0, 0.05) is 41.9 Å². The molecule has 0 aliphatic rings. The largest absolute Gasteiger partial charge is 0.324 e. The maximum atomic E-state index is 12.9. The summed E-state index contributed by atoms with van der Waals surface area (Å²) >= 11 is 4.76. The lowest BCUT2D eigenvalue weighted by Crippen LogP contribution is -2.28. The molecule has 34 heavy (non-hydrogen) atoms. The van der Waals surface area contributed by atoms with Crippen LogP contribution >= 0.6 is 12.2 Å². The number of nitrogens with one attached hydrogen (secondary N) is 2. The summed E-state index contributed by atoms with van der Waals surface area (Å²) in [4.78, 5) is 30.0. The number of anilines is 3. The molecule has 4 rings (SSSR count). The number of carbonyl (C=O) groups is 1. The molecule has 0 aliphatic carbocycles. The van der Waals surface area contributed by atoms with Crippen LogP contribution in [0, 0.1) is 6.92 Å². The summed E-state index contributed by atoms with van der Waals surface area (Å²) in [6.07, 6.45) is 5.59. The second-order valence-corrected chi connectivity index (χ2v) is 7.76. The summed E-state index contributed by atoms with van der Waals surface area (Å²) < 4.78 is 0. The van der Waals surface area contributed by atoms with Crippen molar-refractivity contribution in [3.05, 3.63) is 96.4 Å². The monoisotopic (exact) mass is 466 g/mol. The third-order valence-electron chi connectivity index (χ3n) is 5.15. The van der Waals surface area contributed by atoms with Gasteiger partial charge in [0.25, 0.3) is 0 Å². The Labute approximate surface area is 203 Å². The Kier molecular flexibility index (Phi) is 7.45. The minimum atomic E-state index is -0.669. The normalized spacial score (nSPS) is 11.2. The molecular formula is C26H22N6OS. The van der Waals surface area contributed by atoms with Gasteiger partial charge in [0.15, 0.2) is 0 Å². The maximum absolute atomic E-state index is 12.9. The van der Waals surface area contributed by atoms with Crippen LogP contribution in [0.5, 0.6) is 0 Å². The molecule has 0 bridgehead atoms. The number of isothiocyanates is 1. The number of aliphatic imine (C=N–C) groups is 1. The fraction of sp³-hybridized carbons (Fsp3) is 0.115. The summed E-state index contributed by atoms with van der Waals surface area (Å²) in [7, 11) is 0. The van der Waals surface area contributed by atoms with Crippen LogP contribution in [0.1, 0.15) is 11.1 Å². The van der Waals surface area contributed by atoms with Gasteiger partial charge in [-0.15, -0.1) is 0 Å². The Morgan fingerprint density at radius 1 is 1.09 bits per heavy atom. The van der Waals surface area contributed by atoms with E-state index in [2.05, 4.69) is 35.7 Å². The smallest absolute Gasteiger partial charge is 0.250 e. The number of aryl methyl sites for hydroxylation is 1. The summed E-state index contributed by atoms with van der Waals surface area (Å²) in [6, 6.07) is 20.2. The topological polar surface area (TPSA) is 92.2 Å². The van der Waals surface area contributed by atoms with Crippen LogP contribution < -0.4 is 10.6 Å². The number of rotatable bonds is 8. The zero-order valence-corrected chi connectivity index (χ0v) is 19.3. The molecule has 0 spiro atoms. The zero-order chi connectivity index (χ0) is 23.8. The highest BCUT2D eigenvalue weighted by atomic mass is 32.1. The minimum Gasteiger partial charge on any atom is -0.324 e. The molecule has 0 aliphatic heterocycles. The highest BCUT2D eigenvalue weighted by molar-refractivity contribution is 7.78. The first-order valence-electron chi connectivity index (χ1n) is 10.7. The third-order valence-corrected chi connectivity index (χ3v) is 5.25. The second kappa shape index (κ2) is 11.0. The lowest BCUT2D eigenvalue weighted by Gasteiger charge is -2.14. The molecule has 0 saturated heterocycles. The van der Waals surface area contributed by atoms with E-state index in [0.29, 0.717) is 18.1 Å². The van der Waals surface area contributed by atoms with Crippen molar-refractivity contribution in [3.63, 3.8) is 0 Å². The van der Waals surface area contributed by atoms with Crippen LogP contribution in [0.2, 0.25) is 0 Å². The van der Waals surface area contributed by atoms with Gasteiger partial charge < -0.3 is 10.6 Å². The number of nitrogens with zero attached hydrogens (tertiary/aromatic N) is 4. The van der Waals surface area contributed by atoms with Gasteiger partial charge in [-0.2, -0.15) is 0 Å². The fourth-order valence-corrected chi connectivity index (χ4v) is 3.50. The van der Waals surface area contributed by atoms with Gasteiger partial charge in [-0.1, -0.05) is 36.4 Å². The fourth-order valence-electron chi connectivity index (χ4n) is 3.37. The van der Waals surface area contributed by atoms with E-state index < -0.39 is 6.04 Å². The molecule has 0 fully saturated rings. The minimum absolute atomic E-state index is 0.258. The Balaban J connectivity index is 1.51. The highest BCUT2D eigenvalue weighted by Gasteiger charge is 2.18. The molecule has 2 aromatic carbocycles. The molecule has 0 saturated carbocycles. The van der Waals surface area contributed by atoms with Crippen molar-refractivity contribution < 1.29 is 4.79 Å². The van der Waals surface area contributed by atoms with Crippen LogP contribution in [-0.4, -0.2) is 32.1 Å². The molecule has 4 aromatic rings. The van der Waals surface area contributed by atoms with E-state index in [0.717, 1.165) is 28.1 Å². The first-order valence-corrected chi connectivity index (χ1v) is 11.1. The number of pyridine rings is 1. The molecule has 2 heterocycles. The molecule has 1 amide bonds. The van der Waals surface area contributed by atoms with E-state index in [1.165, 1.54) is 0 Å². The van der Waals surface area contributed by atoms with Gasteiger partial charge >= 0.3 is 0 Å². The Hall–Kier alpha value is -4.26. The van der Waals surface area contributed by atoms with Crippen molar-refractivity contribution in [2.75, 3.05) is 10.6 Å². The summed E-state index contributed by atoms with van der Waals surface area (Å²) in [6.45, 7) is 1.97. The van der Waals surface area contributed by atoms with Gasteiger partial charge in [0.2, 0.25) is 11.9 Å². The maximum Gasteiger partial charge on any atom is 0.250 e. The van der Waals surface area contributed by atoms with Crippen molar-refractivity contribution in [1.29, 1.82) is 0 Å². The molecule has 1 atom stereocenters. The van der Waals surface area contributed by atoms with E-state index in [-0.39, 0.29) is 5.91 Å². The molecular weight excluding hydrogens is 444 g/mol. The summed E-state index contributed by atoms with van der Waals surface area (Å²) in [5.41, 5.74) is 5.03. The molecule has 0 unspecified atom stereocenters. The van der Waals surface area contributed by atoms with Crippen LogP contribution in [0.3, 0.4) is 0 Å². The lowest BCUT2D eigenvalue weighted by molar-refractivity contribution is -0.117. The number of thiocarbonyl (C=S) groups is 1. The van der Waals surface area contributed by atoms with Crippen molar-refractivity contribution in [2.24, 2.45) is 4.99 Å². The van der Waals surface area contributed by atoms with Gasteiger partial charge in [-0.05, 0) is 60.6 Å². The Morgan fingerprint density at radius 2 is 1.94 bits per heavy atom. The van der Waals surface area contributed by atoms with Crippen molar-refractivity contribution in [3.8, 4) is 11.3 Å². The van der Waals surface area contributed by atoms with E-state index in [1.807, 2.05) is 73.7 Å². The summed E-state index contributed by atoms with van der Waals surface area (Å²) in [5, 5.41) is 8.51. The van der Waals surface area contributed by atoms with Crippen molar-refractivity contribution >= 4 is 40.6 Å². The Morgan fingerprint density at radius 3 is 2.71 bits per heavy atom. The van der Waals surface area contributed by atoms with E-state index in [1.54, 1.807) is 18.6 Å². The lowest BCUT2D eigenvalue weighted by atomic mass is 10.1. The first kappa shape index (κ1) is 22.9. The molecule has 168 valence electrons. The highest BCUT2D eigenvalue weighted by Crippen LogP contribution is 2.24. The Bertz CT molecular complexity index is 1320. The van der Waals surface area contributed by atoms with Gasteiger partial charge in [-0.3, -0.25) is 9.78 Å². The molecule has 7 nitrogen and oxygen atoms in total. The average molecular weight is 467 g/mol. The number of benzene rings is 2. The first-order chi connectivity index (χ1) is 16.6. The molecule has 2 aromatic heterocycles. The molecule has 0 radical (unpaired) electrons. The number of hydrogen-bond donors (Lipinski definition) is 2. The zero-order valence-electron chi connectivity index (χ0n) is 18.5. The van der Waals surface area contributed by atoms with Gasteiger partial charge in [-0.25, -0.2) is 15.0 Å². The van der Waals surface area contributed by atoms with Crippen molar-refractivity contribution in [2.45, 2.75) is 19.4 Å². The van der Waals surface area contributed by atoms with E-state index in [4.69, 9.17) is 12.2 Å². The number of hydrogen-bond acceptors (Lipinski definition) is 7. The predicted octanol–water partition coefficient (Wildman–Crippen LogP) is 5.24. The average Bonchev–Trinajstić information content (AvgIpc) is 2.87. The quantitative estimate of drug-likeness (QED) is 0.272. The summed E-state index contributed by atoms with van der Waals surface area (Å²) in [5.74, 6) is 0.186. The van der Waals surface area contributed by atoms with Crippen LogP contribution in [0.15, 0.2) is 90.3 Å². The number of carbonyl (C=O) groups excluding carboxylic acids is 1. The van der Waals surface area contributed by atoms with Crippen LogP contribution in [0.25, 0.3) is 11.3 Å². The predicted molar refractivity (Wildman–Crippen MR) is 137 cm³/mol. The second-order valence-electron chi connectivity index (χ2n) is 7.58. The van der Waals surface area contributed by atoms with Crippen LogP contribution in [-0.2, 0) is 11.2 Å². The van der Waals surface area contributed by atoms with Crippen molar-refractivity contribution in [1.82, 2.24) is 15.0 Å². The number of aromatic nitrogens is 3.